The number of benzene rings is 2. The highest BCUT2D eigenvalue weighted by atomic mass is 19.4. The Labute approximate surface area is 196 Å². The number of halogens is 3. The van der Waals surface area contributed by atoms with Gasteiger partial charge >= 0.3 is 12.1 Å². The van der Waals surface area contributed by atoms with Crippen LogP contribution in [0.25, 0.3) is 11.3 Å². The van der Waals surface area contributed by atoms with Crippen LogP contribution in [0, 0.1) is 6.92 Å². The lowest BCUT2D eigenvalue weighted by Gasteiger charge is -2.25. The fourth-order valence-electron chi connectivity index (χ4n) is 3.55. The van der Waals surface area contributed by atoms with Crippen molar-refractivity contribution in [3.8, 4) is 17.0 Å². The normalized spacial score (nSPS) is 11.3. The number of carboxylic acid groups (broad SMARTS) is 1. The summed E-state index contributed by atoms with van der Waals surface area (Å²) >= 11 is 0. The standard InChI is InChI=1S/C26H27F3N2O3/c1-3-4-14-31(16-19-8-13-23(18(2)15-19)34-17-25(32)33)24-7-5-6-22(30-24)20-9-11-21(12-10-20)26(27,28)29/h5-13,15H,3-4,14,16-17H2,1-2H3,(H,32,33). The summed E-state index contributed by atoms with van der Waals surface area (Å²) in [6.07, 6.45) is -2.43. The quantitative estimate of drug-likeness (QED) is 0.373. The zero-order valence-corrected chi connectivity index (χ0v) is 19.1. The van der Waals surface area contributed by atoms with Crippen LogP contribution in [0.1, 0.15) is 36.5 Å². The van der Waals surface area contributed by atoms with E-state index in [2.05, 4.69) is 11.8 Å². The van der Waals surface area contributed by atoms with Crippen LogP contribution in [-0.4, -0.2) is 29.2 Å². The highest BCUT2D eigenvalue weighted by Gasteiger charge is 2.30. The van der Waals surface area contributed by atoms with Crippen LogP contribution >= 0.6 is 0 Å². The van der Waals surface area contributed by atoms with E-state index in [0.717, 1.165) is 48.5 Å². The topological polar surface area (TPSA) is 62.7 Å². The molecule has 0 atom stereocenters. The van der Waals surface area contributed by atoms with Gasteiger partial charge in [0, 0.05) is 18.7 Å². The highest BCUT2D eigenvalue weighted by Crippen LogP contribution is 2.31. The molecular weight excluding hydrogens is 445 g/mol. The van der Waals surface area contributed by atoms with Gasteiger partial charge in [-0.05, 0) is 54.8 Å². The van der Waals surface area contributed by atoms with Gasteiger partial charge in [0.15, 0.2) is 6.61 Å². The Kier molecular flexibility index (Phi) is 8.15. The van der Waals surface area contributed by atoms with E-state index in [4.69, 9.17) is 14.8 Å². The second-order valence-electron chi connectivity index (χ2n) is 8.01. The third kappa shape index (κ3) is 6.73. The molecule has 0 radical (unpaired) electrons. The van der Waals surface area contributed by atoms with Gasteiger partial charge in [0.1, 0.15) is 11.6 Å². The minimum atomic E-state index is -4.38. The molecule has 2 aromatic carbocycles. The van der Waals surface area contributed by atoms with Gasteiger partial charge in [-0.25, -0.2) is 9.78 Å². The van der Waals surface area contributed by atoms with Crippen molar-refractivity contribution < 1.29 is 27.8 Å². The molecule has 0 bridgehead atoms. The lowest BCUT2D eigenvalue weighted by Crippen LogP contribution is -2.25. The summed E-state index contributed by atoms with van der Waals surface area (Å²) in [6, 6.07) is 16.1. The van der Waals surface area contributed by atoms with Crippen molar-refractivity contribution in [2.45, 2.75) is 39.4 Å². The number of hydrogen-bond acceptors (Lipinski definition) is 4. The SMILES string of the molecule is CCCCN(Cc1ccc(OCC(=O)O)c(C)c1)c1cccc(-c2ccc(C(F)(F)F)cc2)n1. The van der Waals surface area contributed by atoms with E-state index in [9.17, 15) is 18.0 Å². The Balaban J connectivity index is 1.83. The van der Waals surface area contributed by atoms with Gasteiger partial charge in [-0.1, -0.05) is 43.7 Å². The average Bonchev–Trinajstić information content (AvgIpc) is 2.80. The summed E-state index contributed by atoms with van der Waals surface area (Å²) in [5, 5.41) is 8.81. The number of alkyl halides is 3. The molecule has 1 heterocycles. The van der Waals surface area contributed by atoms with E-state index in [1.807, 2.05) is 31.2 Å². The maximum absolute atomic E-state index is 12.9. The minimum Gasteiger partial charge on any atom is -0.482 e. The molecule has 8 heteroatoms. The molecular formula is C26H27F3N2O3. The van der Waals surface area contributed by atoms with E-state index < -0.39 is 24.3 Å². The number of ether oxygens (including phenoxy) is 1. The third-order valence-electron chi connectivity index (χ3n) is 5.31. The molecule has 0 unspecified atom stereocenters. The fraction of sp³-hybridized carbons (Fsp3) is 0.308. The number of hydrogen-bond donors (Lipinski definition) is 1. The third-order valence-corrected chi connectivity index (χ3v) is 5.31. The highest BCUT2D eigenvalue weighted by molar-refractivity contribution is 5.68. The number of nitrogens with zero attached hydrogens (tertiary/aromatic N) is 2. The first-order chi connectivity index (χ1) is 16.2. The number of aromatic nitrogens is 1. The first kappa shape index (κ1) is 25.1. The van der Waals surface area contributed by atoms with Gasteiger partial charge in [-0.2, -0.15) is 13.2 Å². The molecule has 0 aliphatic carbocycles. The largest absolute Gasteiger partial charge is 0.482 e. The van der Waals surface area contributed by atoms with E-state index in [1.54, 1.807) is 12.1 Å². The van der Waals surface area contributed by atoms with E-state index >= 15 is 0 Å². The molecule has 5 nitrogen and oxygen atoms in total. The van der Waals surface area contributed by atoms with E-state index in [1.165, 1.54) is 12.1 Å². The average molecular weight is 473 g/mol. The van der Waals surface area contributed by atoms with Crippen LogP contribution in [0.2, 0.25) is 0 Å². The predicted molar refractivity (Wildman–Crippen MR) is 125 cm³/mol. The summed E-state index contributed by atoms with van der Waals surface area (Å²) in [6.45, 7) is 4.90. The van der Waals surface area contributed by atoms with Gasteiger partial charge in [0.2, 0.25) is 0 Å². The van der Waals surface area contributed by atoms with Crippen molar-refractivity contribution >= 4 is 11.8 Å². The molecule has 0 fully saturated rings. The molecule has 1 N–H and O–H groups in total. The van der Waals surface area contributed by atoms with Crippen molar-refractivity contribution in [2.24, 2.45) is 0 Å². The lowest BCUT2D eigenvalue weighted by atomic mass is 10.1. The van der Waals surface area contributed by atoms with Gasteiger partial charge in [0.25, 0.3) is 0 Å². The van der Waals surface area contributed by atoms with Crippen molar-refractivity contribution in [1.29, 1.82) is 0 Å². The Bertz CT molecular complexity index is 1120. The first-order valence-corrected chi connectivity index (χ1v) is 11.0. The first-order valence-electron chi connectivity index (χ1n) is 11.0. The number of aliphatic carboxylic acids is 1. The van der Waals surface area contributed by atoms with Gasteiger partial charge in [-0.15, -0.1) is 0 Å². The second kappa shape index (κ2) is 11.0. The number of carboxylic acids is 1. The molecule has 0 aliphatic rings. The summed E-state index contributed by atoms with van der Waals surface area (Å²) in [5.41, 5.74) is 2.36. The Morgan fingerprint density at radius 1 is 1.09 bits per heavy atom. The monoisotopic (exact) mass is 472 g/mol. The number of anilines is 1. The molecule has 1 aromatic heterocycles. The molecule has 3 aromatic rings. The summed E-state index contributed by atoms with van der Waals surface area (Å²) < 4.78 is 44.0. The summed E-state index contributed by atoms with van der Waals surface area (Å²) in [4.78, 5) is 17.6. The van der Waals surface area contributed by atoms with Crippen molar-refractivity contribution in [3.63, 3.8) is 0 Å². The van der Waals surface area contributed by atoms with Crippen molar-refractivity contribution in [2.75, 3.05) is 18.1 Å². The number of carbonyl (C=O) groups is 1. The second-order valence-corrected chi connectivity index (χ2v) is 8.01. The summed E-state index contributed by atoms with van der Waals surface area (Å²) in [5.74, 6) is 0.219. The summed E-state index contributed by atoms with van der Waals surface area (Å²) in [7, 11) is 0. The van der Waals surface area contributed by atoms with Crippen molar-refractivity contribution in [1.82, 2.24) is 4.98 Å². The Morgan fingerprint density at radius 3 is 2.44 bits per heavy atom. The molecule has 34 heavy (non-hydrogen) atoms. The van der Waals surface area contributed by atoms with Crippen molar-refractivity contribution in [3.05, 3.63) is 77.4 Å². The number of aryl methyl sites for hydroxylation is 1. The predicted octanol–water partition coefficient (Wildman–Crippen LogP) is 6.35. The van der Waals surface area contributed by atoms with Gasteiger partial charge in [0.05, 0.1) is 11.3 Å². The molecule has 180 valence electrons. The van der Waals surface area contributed by atoms with Gasteiger partial charge in [-0.3, -0.25) is 0 Å². The van der Waals surface area contributed by atoms with Crippen LogP contribution < -0.4 is 9.64 Å². The van der Waals surface area contributed by atoms with E-state index in [0.29, 0.717) is 23.6 Å². The number of rotatable bonds is 10. The molecule has 0 saturated heterocycles. The smallest absolute Gasteiger partial charge is 0.416 e. The maximum Gasteiger partial charge on any atom is 0.416 e. The van der Waals surface area contributed by atoms with Crippen LogP contribution in [0.15, 0.2) is 60.7 Å². The zero-order valence-electron chi connectivity index (χ0n) is 19.1. The minimum absolute atomic E-state index is 0.399. The molecule has 0 amide bonds. The molecule has 0 aliphatic heterocycles. The number of unbranched alkanes of at least 4 members (excludes halogenated alkanes) is 1. The molecule has 3 rings (SSSR count). The molecule has 0 saturated carbocycles. The van der Waals surface area contributed by atoms with E-state index in [-0.39, 0.29) is 0 Å². The van der Waals surface area contributed by atoms with Gasteiger partial charge < -0.3 is 14.7 Å². The van der Waals surface area contributed by atoms with Crippen LogP contribution in [0.4, 0.5) is 19.0 Å². The van der Waals surface area contributed by atoms with Crippen LogP contribution in [0.5, 0.6) is 5.75 Å². The maximum atomic E-state index is 12.9. The molecule has 0 spiro atoms. The Hall–Kier alpha value is -3.55. The lowest BCUT2D eigenvalue weighted by molar-refractivity contribution is -0.139. The number of pyridine rings is 1. The van der Waals surface area contributed by atoms with Crippen LogP contribution in [0.3, 0.4) is 0 Å². The Morgan fingerprint density at radius 2 is 1.82 bits per heavy atom. The zero-order chi connectivity index (χ0) is 24.7. The fourth-order valence-corrected chi connectivity index (χ4v) is 3.55. The van der Waals surface area contributed by atoms with Crippen LogP contribution in [-0.2, 0) is 17.5 Å².